The smallest absolute Gasteiger partial charge is 0.213 e. The van der Waals surface area contributed by atoms with Crippen LogP contribution in [0.3, 0.4) is 0 Å². The first-order chi connectivity index (χ1) is 21.8. The predicted molar refractivity (Wildman–Crippen MR) is 210 cm³/mol. The van der Waals surface area contributed by atoms with Crippen LogP contribution in [0, 0.1) is 0 Å². The summed E-state index contributed by atoms with van der Waals surface area (Å²) in [7, 11) is 0.265. The minimum atomic E-state index is 0. The molecule has 0 aliphatic carbocycles. The van der Waals surface area contributed by atoms with Gasteiger partial charge < -0.3 is 0 Å². The molecule has 0 aliphatic heterocycles. The van der Waals surface area contributed by atoms with Gasteiger partial charge in [0.1, 0.15) is 0 Å². The molecule has 0 bridgehead atoms. The maximum atomic E-state index is 2.37. The Bertz CT molecular complexity index is 670. The van der Waals surface area contributed by atoms with E-state index in [9.17, 15) is 0 Å². The van der Waals surface area contributed by atoms with E-state index >= 15 is 0 Å². The molecule has 2 aromatic rings. The van der Waals surface area contributed by atoms with Crippen molar-refractivity contribution in [2.75, 3.05) is 24.6 Å². The summed E-state index contributed by atoms with van der Waals surface area (Å²) in [5.41, 5.74) is 0. The second-order valence-electron chi connectivity index (χ2n) is 13.3. The fourth-order valence-electron chi connectivity index (χ4n) is 6.22. The molecule has 0 N–H and O–H groups in total. The van der Waals surface area contributed by atoms with Gasteiger partial charge >= 0.3 is 21.7 Å². The molecule has 2 rings (SSSR count). The summed E-state index contributed by atoms with van der Waals surface area (Å²) in [6.07, 6.45) is 40.3. The first-order valence-corrected chi connectivity index (χ1v) is 23.1. The van der Waals surface area contributed by atoms with Gasteiger partial charge in [0.05, 0.1) is 0 Å². The van der Waals surface area contributed by atoms with Crippen molar-refractivity contribution in [2.45, 2.75) is 182 Å². The maximum absolute atomic E-state index is 2.37. The summed E-state index contributed by atoms with van der Waals surface area (Å²) in [5, 5.41) is 3.33. The molecule has 0 spiro atoms. The van der Waals surface area contributed by atoms with Crippen LogP contribution in [0.4, 0.5) is 0 Å². The average molecular weight is 691 g/mol. The normalized spacial score (nSPS) is 11.2. The van der Waals surface area contributed by atoms with Crippen molar-refractivity contribution < 1.29 is 21.7 Å². The van der Waals surface area contributed by atoms with Crippen molar-refractivity contribution in [2.24, 2.45) is 0 Å². The van der Waals surface area contributed by atoms with Crippen LogP contribution in [-0.4, -0.2) is 24.6 Å². The van der Waals surface area contributed by atoms with Crippen LogP contribution in [-0.2, 0) is 21.7 Å². The molecule has 3 heteroatoms. The molecule has 0 saturated heterocycles. The Hall–Kier alpha value is 0.274. The average Bonchev–Trinajstić information content (AvgIpc) is 3.78. The molecule has 2 aromatic carbocycles. The van der Waals surface area contributed by atoms with Gasteiger partial charge in [0.25, 0.3) is 0 Å². The summed E-state index contributed by atoms with van der Waals surface area (Å²) in [5.74, 6) is 0. The Morgan fingerprint density at radius 2 is 0.622 bits per heavy atom. The predicted octanol–water partition coefficient (Wildman–Crippen LogP) is 14.5. The van der Waals surface area contributed by atoms with E-state index in [4.69, 9.17) is 0 Å². The quantitative estimate of drug-likeness (QED) is 0.0331. The third kappa shape index (κ3) is 26.9. The van der Waals surface area contributed by atoms with Gasteiger partial charge in [-0.15, -0.1) is 26.5 Å². The summed E-state index contributed by atoms with van der Waals surface area (Å²) in [4.78, 5) is 0. The number of hydrogen-bond donors (Lipinski definition) is 0. The number of unbranched alkanes of at least 4 members (excludes halogenated alkanes) is 20. The summed E-state index contributed by atoms with van der Waals surface area (Å²) >= 11 is 0. The molecule has 0 heterocycles. The molecule has 45 heavy (non-hydrogen) atoms. The number of hydrogen-bond acceptors (Lipinski definition) is 0. The van der Waals surface area contributed by atoms with Gasteiger partial charge in [-0.05, 0) is 50.3 Å². The molecule has 0 atom stereocenters. The van der Waals surface area contributed by atoms with E-state index in [-0.39, 0.29) is 37.6 Å². The standard InChI is InChI=1S/2C21H38P.Ti/c2*1-3-5-7-9-11-15-19-22(21-17-13-14-18-21)20-16-12-10-8-6-4-2;/h2*13-14,17-18H,3-12,15-16,19-20H2,1-2H3;/q2*-1;+2. The SMILES string of the molecule is CCCCCCCCP(CCCCCCCC)c1ccc[cH-]1.CCCCCCCCP(CCCCCCCC)c1ccc[cH-]1.[Ti+2]. The van der Waals surface area contributed by atoms with Crippen LogP contribution >= 0.6 is 15.8 Å². The minimum absolute atomic E-state index is 0. The summed E-state index contributed by atoms with van der Waals surface area (Å²) < 4.78 is 0. The fourth-order valence-corrected chi connectivity index (χ4v) is 11.3. The largest absolute Gasteiger partial charge is 2.00 e. The molecule has 0 aromatic heterocycles. The number of rotatable bonds is 30. The first-order valence-electron chi connectivity index (χ1n) is 19.7. The molecule has 258 valence electrons. The molecule has 0 nitrogen and oxygen atoms in total. The van der Waals surface area contributed by atoms with Crippen LogP contribution in [0.25, 0.3) is 0 Å². The van der Waals surface area contributed by atoms with E-state index in [1.54, 1.807) is 10.6 Å². The summed E-state index contributed by atoms with van der Waals surface area (Å²) in [6.45, 7) is 9.20. The monoisotopic (exact) mass is 690 g/mol. The maximum Gasteiger partial charge on any atom is 2.00 e. The Morgan fingerprint density at radius 1 is 0.378 bits per heavy atom. The van der Waals surface area contributed by atoms with Crippen molar-refractivity contribution >= 4 is 26.5 Å². The van der Waals surface area contributed by atoms with Gasteiger partial charge in [0.15, 0.2) is 0 Å². The van der Waals surface area contributed by atoms with E-state index in [2.05, 4.69) is 76.2 Å². The zero-order valence-electron chi connectivity index (χ0n) is 30.8. The Labute approximate surface area is 301 Å². The van der Waals surface area contributed by atoms with Gasteiger partial charge in [-0.3, -0.25) is 0 Å². The third-order valence-corrected chi connectivity index (χ3v) is 14.6. The zero-order chi connectivity index (χ0) is 31.8. The second-order valence-corrected chi connectivity index (χ2v) is 18.3. The molecule has 0 unspecified atom stereocenters. The Balaban J connectivity index is 0.000000842. The fraction of sp³-hybridized carbons (Fsp3) is 0.762. The van der Waals surface area contributed by atoms with Crippen molar-refractivity contribution in [3.05, 3.63) is 48.5 Å². The van der Waals surface area contributed by atoms with Crippen LogP contribution in [0.1, 0.15) is 182 Å². The van der Waals surface area contributed by atoms with Crippen molar-refractivity contribution in [1.82, 2.24) is 0 Å². The van der Waals surface area contributed by atoms with Gasteiger partial charge in [-0.2, -0.15) is 24.3 Å². The van der Waals surface area contributed by atoms with Crippen molar-refractivity contribution in [1.29, 1.82) is 0 Å². The molecule has 0 amide bonds. The molecule has 0 fully saturated rings. The van der Waals surface area contributed by atoms with E-state index in [0.29, 0.717) is 0 Å². The second kappa shape index (κ2) is 35.6. The topological polar surface area (TPSA) is 0 Å². The van der Waals surface area contributed by atoms with Crippen LogP contribution < -0.4 is 10.6 Å². The van der Waals surface area contributed by atoms with Gasteiger partial charge in [-0.1, -0.05) is 156 Å². The van der Waals surface area contributed by atoms with Gasteiger partial charge in [-0.25, -0.2) is 24.3 Å². The molecular formula is C42H76P2Ti. The van der Waals surface area contributed by atoms with Gasteiger partial charge in [0.2, 0.25) is 0 Å². The van der Waals surface area contributed by atoms with E-state index in [1.807, 2.05) is 0 Å². The van der Waals surface area contributed by atoms with E-state index in [1.165, 1.54) is 179 Å². The molecule has 0 aliphatic rings. The molecule has 0 radical (unpaired) electrons. The Kier molecular flexibility index (Phi) is 35.8. The van der Waals surface area contributed by atoms with E-state index < -0.39 is 0 Å². The first kappa shape index (κ1) is 45.3. The van der Waals surface area contributed by atoms with Crippen LogP contribution in [0.15, 0.2) is 48.5 Å². The van der Waals surface area contributed by atoms with Crippen LogP contribution in [0.2, 0.25) is 0 Å². The van der Waals surface area contributed by atoms with Gasteiger partial charge in [0, 0.05) is 0 Å². The van der Waals surface area contributed by atoms with Crippen molar-refractivity contribution in [3.63, 3.8) is 0 Å². The summed E-state index contributed by atoms with van der Waals surface area (Å²) in [6, 6.07) is 18.4. The minimum Gasteiger partial charge on any atom is -0.213 e. The van der Waals surface area contributed by atoms with Crippen LogP contribution in [0.5, 0.6) is 0 Å². The zero-order valence-corrected chi connectivity index (χ0v) is 34.2. The third-order valence-electron chi connectivity index (χ3n) is 9.15. The molecular weight excluding hydrogens is 614 g/mol. The Morgan fingerprint density at radius 3 is 0.844 bits per heavy atom. The van der Waals surface area contributed by atoms with E-state index in [0.717, 1.165) is 0 Å². The molecule has 0 saturated carbocycles. The van der Waals surface area contributed by atoms with Crippen molar-refractivity contribution in [3.8, 4) is 0 Å².